The molecule has 1 unspecified atom stereocenters. The molecule has 0 spiro atoms. The van der Waals surface area contributed by atoms with Crippen molar-refractivity contribution >= 4 is 33.9 Å². The van der Waals surface area contributed by atoms with Gasteiger partial charge in [0, 0.05) is 17.5 Å². The van der Waals surface area contributed by atoms with E-state index in [9.17, 15) is 0 Å². The number of benzene rings is 2. The zero-order valence-electron chi connectivity index (χ0n) is 12.0. The lowest BCUT2D eigenvalue weighted by atomic mass is 10.1. The maximum absolute atomic E-state index is 6.18. The van der Waals surface area contributed by atoms with E-state index >= 15 is 0 Å². The van der Waals surface area contributed by atoms with Gasteiger partial charge in [-0.05, 0) is 36.8 Å². The fourth-order valence-electron chi connectivity index (χ4n) is 2.48. The van der Waals surface area contributed by atoms with Crippen molar-refractivity contribution in [1.82, 2.24) is 10.2 Å². The zero-order chi connectivity index (χ0) is 15.0. The minimum atomic E-state index is 0.185. The average Bonchev–Trinajstić information content (AvgIpc) is 2.93. The number of hydrogen-bond donors (Lipinski definition) is 2. The first kappa shape index (κ1) is 13.8. The van der Waals surface area contributed by atoms with E-state index in [2.05, 4.69) is 22.0 Å². The van der Waals surface area contributed by atoms with Crippen molar-refractivity contribution in [3.63, 3.8) is 0 Å². The van der Waals surface area contributed by atoms with Crippen LogP contribution in [-0.2, 0) is 0 Å². The number of rotatable bonds is 3. The second kappa shape index (κ2) is 5.30. The molecule has 0 aliphatic rings. The number of nitrogens with two attached hydrogens (primary N) is 1. The number of H-pyrrole nitrogens is 1. The first-order valence-corrected chi connectivity index (χ1v) is 7.15. The van der Waals surface area contributed by atoms with E-state index in [0.29, 0.717) is 0 Å². The minimum Gasteiger partial charge on any atom is -0.397 e. The molecule has 0 amide bonds. The van der Waals surface area contributed by atoms with E-state index in [1.165, 1.54) is 5.56 Å². The largest absolute Gasteiger partial charge is 0.397 e. The molecule has 0 bridgehead atoms. The number of anilines is 2. The van der Waals surface area contributed by atoms with Crippen LogP contribution in [0.3, 0.4) is 0 Å². The normalized spacial score (nSPS) is 12.5. The number of nitrogens with zero attached hydrogens (tertiary/aromatic N) is 2. The van der Waals surface area contributed by atoms with Gasteiger partial charge in [0.1, 0.15) is 0 Å². The summed E-state index contributed by atoms with van der Waals surface area (Å²) in [7, 11) is 2.03. The number of aromatic nitrogens is 2. The number of fused-ring (bicyclic) bond motifs is 1. The number of hydrogen-bond acceptors (Lipinski definition) is 3. The van der Waals surface area contributed by atoms with Crippen LogP contribution in [0.1, 0.15) is 18.5 Å². The van der Waals surface area contributed by atoms with Gasteiger partial charge in [-0.3, -0.25) is 5.10 Å². The Kier molecular flexibility index (Phi) is 3.47. The Labute approximate surface area is 128 Å². The molecule has 21 heavy (non-hydrogen) atoms. The van der Waals surface area contributed by atoms with Crippen LogP contribution in [0.4, 0.5) is 11.4 Å². The SMILES string of the molecule is CC(c1ccc(Cl)cc1)N(C)c1cc2[nH]ncc2cc1N. The Balaban J connectivity index is 1.96. The van der Waals surface area contributed by atoms with Crippen LogP contribution < -0.4 is 10.6 Å². The standard InChI is InChI=1S/C16H17ClN4/c1-10(11-3-5-13(17)6-4-11)21(2)16-8-15-12(7-14(16)18)9-19-20-15/h3-10H,18H2,1-2H3,(H,19,20). The molecule has 0 aliphatic heterocycles. The molecule has 2 aromatic carbocycles. The summed E-state index contributed by atoms with van der Waals surface area (Å²) in [6, 6.07) is 12.0. The molecule has 0 saturated heterocycles. The third kappa shape index (κ3) is 2.54. The van der Waals surface area contributed by atoms with Crippen molar-refractivity contribution < 1.29 is 0 Å². The Morgan fingerprint density at radius 1 is 1.24 bits per heavy atom. The second-order valence-corrected chi connectivity index (χ2v) is 5.64. The summed E-state index contributed by atoms with van der Waals surface area (Å²) in [5.74, 6) is 0. The predicted octanol–water partition coefficient (Wildman–Crippen LogP) is 4.00. The summed E-state index contributed by atoms with van der Waals surface area (Å²) in [5.41, 5.74) is 10.1. The first-order valence-electron chi connectivity index (χ1n) is 6.77. The van der Waals surface area contributed by atoms with Crippen molar-refractivity contribution in [3.8, 4) is 0 Å². The Morgan fingerprint density at radius 3 is 2.67 bits per heavy atom. The lowest BCUT2D eigenvalue weighted by Gasteiger charge is -2.28. The van der Waals surface area contributed by atoms with Crippen molar-refractivity contribution in [2.45, 2.75) is 13.0 Å². The van der Waals surface area contributed by atoms with Crippen molar-refractivity contribution in [2.75, 3.05) is 17.7 Å². The third-order valence-electron chi connectivity index (χ3n) is 3.90. The van der Waals surface area contributed by atoms with Gasteiger partial charge in [-0.25, -0.2) is 0 Å². The fraction of sp³-hybridized carbons (Fsp3) is 0.188. The van der Waals surface area contributed by atoms with E-state index in [1.54, 1.807) is 6.20 Å². The maximum Gasteiger partial charge on any atom is 0.0672 e. The van der Waals surface area contributed by atoms with Gasteiger partial charge in [0.2, 0.25) is 0 Å². The topological polar surface area (TPSA) is 57.9 Å². The van der Waals surface area contributed by atoms with Gasteiger partial charge in [0.25, 0.3) is 0 Å². The second-order valence-electron chi connectivity index (χ2n) is 5.21. The number of nitrogen functional groups attached to an aromatic ring is 1. The molecule has 3 rings (SSSR count). The molecule has 1 aromatic heterocycles. The highest BCUT2D eigenvalue weighted by Gasteiger charge is 2.15. The molecule has 0 fully saturated rings. The molecule has 4 nitrogen and oxygen atoms in total. The van der Waals surface area contributed by atoms with E-state index in [4.69, 9.17) is 17.3 Å². The van der Waals surface area contributed by atoms with Crippen molar-refractivity contribution in [2.24, 2.45) is 0 Å². The van der Waals surface area contributed by atoms with Crippen LogP contribution >= 0.6 is 11.6 Å². The van der Waals surface area contributed by atoms with E-state index in [-0.39, 0.29) is 6.04 Å². The van der Waals surface area contributed by atoms with Gasteiger partial charge in [-0.1, -0.05) is 23.7 Å². The minimum absolute atomic E-state index is 0.185. The summed E-state index contributed by atoms with van der Waals surface area (Å²) in [6.45, 7) is 2.14. The van der Waals surface area contributed by atoms with Crippen molar-refractivity contribution in [1.29, 1.82) is 0 Å². The van der Waals surface area contributed by atoms with Crippen molar-refractivity contribution in [3.05, 3.63) is 53.2 Å². The lowest BCUT2D eigenvalue weighted by Crippen LogP contribution is -2.22. The summed E-state index contributed by atoms with van der Waals surface area (Å²) < 4.78 is 0. The van der Waals surface area contributed by atoms with Gasteiger partial charge < -0.3 is 10.6 Å². The summed E-state index contributed by atoms with van der Waals surface area (Å²) in [5, 5.41) is 8.78. The molecule has 3 N–H and O–H groups in total. The van der Waals surface area contributed by atoms with Gasteiger partial charge in [-0.15, -0.1) is 0 Å². The van der Waals surface area contributed by atoms with Crippen LogP contribution in [0.2, 0.25) is 5.02 Å². The van der Waals surface area contributed by atoms with Crippen LogP contribution in [0, 0.1) is 0 Å². The molecule has 1 atom stereocenters. The van der Waals surface area contributed by atoms with Crippen LogP contribution in [-0.4, -0.2) is 17.2 Å². The van der Waals surface area contributed by atoms with Crippen LogP contribution in [0.25, 0.3) is 10.9 Å². The first-order chi connectivity index (χ1) is 10.1. The summed E-state index contributed by atoms with van der Waals surface area (Å²) in [6.07, 6.45) is 1.78. The number of nitrogens with one attached hydrogen (secondary N) is 1. The highest BCUT2D eigenvalue weighted by Crippen LogP contribution is 2.33. The van der Waals surface area contributed by atoms with Crippen LogP contribution in [0.5, 0.6) is 0 Å². The quantitative estimate of drug-likeness (QED) is 0.719. The molecule has 0 radical (unpaired) electrons. The Bertz CT molecular complexity index is 764. The Morgan fingerprint density at radius 2 is 1.95 bits per heavy atom. The predicted molar refractivity (Wildman–Crippen MR) is 88.8 cm³/mol. The molecule has 5 heteroatoms. The summed E-state index contributed by atoms with van der Waals surface area (Å²) >= 11 is 5.95. The molecule has 108 valence electrons. The van der Waals surface area contributed by atoms with E-state index in [0.717, 1.165) is 27.3 Å². The van der Waals surface area contributed by atoms with E-state index < -0.39 is 0 Å². The highest BCUT2D eigenvalue weighted by molar-refractivity contribution is 6.30. The Hall–Kier alpha value is -2.20. The molecule has 1 heterocycles. The van der Waals surface area contributed by atoms with Crippen LogP contribution in [0.15, 0.2) is 42.6 Å². The monoisotopic (exact) mass is 300 g/mol. The molecular weight excluding hydrogens is 284 g/mol. The summed E-state index contributed by atoms with van der Waals surface area (Å²) in [4.78, 5) is 2.15. The maximum atomic E-state index is 6.18. The van der Waals surface area contributed by atoms with Gasteiger partial charge in [0.05, 0.1) is 29.1 Å². The van der Waals surface area contributed by atoms with Gasteiger partial charge in [-0.2, -0.15) is 5.10 Å². The molecule has 0 saturated carbocycles. The molecule has 3 aromatic rings. The third-order valence-corrected chi connectivity index (χ3v) is 4.15. The molecular formula is C16H17ClN4. The zero-order valence-corrected chi connectivity index (χ0v) is 12.7. The number of halogens is 1. The van der Waals surface area contributed by atoms with Gasteiger partial charge >= 0.3 is 0 Å². The molecule has 0 aliphatic carbocycles. The van der Waals surface area contributed by atoms with E-state index in [1.807, 2.05) is 43.4 Å². The fourth-order valence-corrected chi connectivity index (χ4v) is 2.60. The smallest absolute Gasteiger partial charge is 0.0672 e. The lowest BCUT2D eigenvalue weighted by molar-refractivity contribution is 0.741. The number of aromatic amines is 1. The highest BCUT2D eigenvalue weighted by atomic mass is 35.5. The van der Waals surface area contributed by atoms with Gasteiger partial charge in [0.15, 0.2) is 0 Å². The average molecular weight is 301 g/mol.